The molecule has 0 aromatic heterocycles. The molecule has 168 valence electrons. The minimum absolute atomic E-state index is 0.0920. The fourth-order valence-electron chi connectivity index (χ4n) is 3.74. The van der Waals surface area contributed by atoms with Gasteiger partial charge >= 0.3 is 0 Å². The molecule has 0 saturated carbocycles. The van der Waals surface area contributed by atoms with Gasteiger partial charge < -0.3 is 15.1 Å². The van der Waals surface area contributed by atoms with Crippen LogP contribution in [0.2, 0.25) is 0 Å². The van der Waals surface area contributed by atoms with Gasteiger partial charge in [-0.25, -0.2) is 8.42 Å². The number of rotatable bonds is 10. The number of benzene rings is 1. The highest BCUT2D eigenvalue weighted by Gasteiger charge is 2.26. The van der Waals surface area contributed by atoms with Crippen molar-refractivity contribution in [2.45, 2.75) is 45.4 Å². The first-order valence-corrected chi connectivity index (χ1v) is 12.2. The van der Waals surface area contributed by atoms with E-state index >= 15 is 0 Å². The third kappa shape index (κ3) is 5.31. The Morgan fingerprint density at radius 2 is 1.60 bits per heavy atom. The fraction of sp³-hybridized carbons (Fsp3) is 0.619. The molecule has 1 aliphatic rings. The highest BCUT2D eigenvalue weighted by molar-refractivity contribution is 7.89. The molecule has 8 nitrogen and oxygen atoms in total. The molecule has 2 rings (SSSR count). The molecule has 0 bridgehead atoms. The molecule has 0 spiro atoms. The molecule has 1 saturated heterocycles. The first-order chi connectivity index (χ1) is 14.3. The minimum Gasteiger partial charge on any atom is -0.371 e. The zero-order valence-electron chi connectivity index (χ0n) is 18.5. The smallest absolute Gasteiger partial charge is 0.253 e. The second-order valence-electron chi connectivity index (χ2n) is 7.21. The van der Waals surface area contributed by atoms with Crippen molar-refractivity contribution in [2.75, 3.05) is 50.7 Å². The van der Waals surface area contributed by atoms with Crippen molar-refractivity contribution in [2.24, 2.45) is 0 Å². The highest BCUT2D eigenvalue weighted by Crippen LogP contribution is 2.28. The largest absolute Gasteiger partial charge is 0.371 e. The number of carbonyl (C=O) groups is 2. The van der Waals surface area contributed by atoms with E-state index in [1.165, 1.54) is 10.4 Å². The van der Waals surface area contributed by atoms with E-state index in [2.05, 4.69) is 10.2 Å². The number of hydrogen-bond donors (Lipinski definition) is 1. The number of sulfonamides is 1. The lowest BCUT2D eigenvalue weighted by Crippen LogP contribution is -2.40. The number of nitrogens with zero attached hydrogens (tertiary/aromatic N) is 3. The fourth-order valence-corrected chi connectivity index (χ4v) is 5.23. The maximum atomic E-state index is 13.0. The third-order valence-electron chi connectivity index (χ3n) is 5.52. The Morgan fingerprint density at radius 1 is 1.00 bits per heavy atom. The summed E-state index contributed by atoms with van der Waals surface area (Å²) in [5.74, 6) is -0.600. The van der Waals surface area contributed by atoms with Crippen LogP contribution in [-0.2, 0) is 14.8 Å². The van der Waals surface area contributed by atoms with E-state index in [9.17, 15) is 18.0 Å². The van der Waals surface area contributed by atoms with Crippen LogP contribution in [0.5, 0.6) is 0 Å². The number of hydrogen-bond acceptors (Lipinski definition) is 5. The van der Waals surface area contributed by atoms with Gasteiger partial charge in [0.15, 0.2) is 0 Å². The van der Waals surface area contributed by atoms with Gasteiger partial charge in [-0.05, 0) is 44.9 Å². The summed E-state index contributed by atoms with van der Waals surface area (Å²) in [6.45, 7) is 10.7. The van der Waals surface area contributed by atoms with Crippen LogP contribution in [0, 0.1) is 0 Å². The number of nitrogens with one attached hydrogen (secondary N) is 1. The van der Waals surface area contributed by atoms with Crippen molar-refractivity contribution in [3.05, 3.63) is 23.8 Å². The van der Waals surface area contributed by atoms with Crippen LogP contribution in [0.15, 0.2) is 23.1 Å². The molecule has 0 aliphatic carbocycles. The Morgan fingerprint density at radius 3 is 2.13 bits per heavy atom. The standard InChI is InChI=1S/C21H34N4O4S/c1-5-23(6-2)20(26)16-22-21(27)18-15-17(30(28,29)25(7-3)8-4)11-12-19(18)24-13-9-10-14-24/h11-12,15H,5-10,13-14,16H2,1-4H3,(H,22,27). The van der Waals surface area contributed by atoms with Crippen LogP contribution in [0.1, 0.15) is 50.9 Å². The molecule has 1 aliphatic heterocycles. The molecule has 1 aromatic carbocycles. The van der Waals surface area contributed by atoms with E-state index in [1.54, 1.807) is 30.9 Å². The highest BCUT2D eigenvalue weighted by atomic mass is 32.2. The van der Waals surface area contributed by atoms with Crippen LogP contribution in [0.4, 0.5) is 5.69 Å². The van der Waals surface area contributed by atoms with Crippen LogP contribution >= 0.6 is 0 Å². The average Bonchev–Trinajstić information content (AvgIpc) is 3.27. The summed E-state index contributed by atoms with van der Waals surface area (Å²) >= 11 is 0. The number of anilines is 1. The number of carbonyl (C=O) groups excluding carboxylic acids is 2. The van der Waals surface area contributed by atoms with E-state index < -0.39 is 15.9 Å². The van der Waals surface area contributed by atoms with Gasteiger partial charge in [0.25, 0.3) is 5.91 Å². The Balaban J connectivity index is 2.36. The summed E-state index contributed by atoms with van der Waals surface area (Å²) in [4.78, 5) is 29.1. The van der Waals surface area contributed by atoms with Crippen LogP contribution < -0.4 is 10.2 Å². The van der Waals surface area contributed by atoms with Gasteiger partial charge in [-0.1, -0.05) is 13.8 Å². The van der Waals surface area contributed by atoms with Crippen LogP contribution in [-0.4, -0.2) is 75.3 Å². The summed E-state index contributed by atoms with van der Waals surface area (Å²) in [5.41, 5.74) is 0.997. The Hall–Kier alpha value is -2.13. The van der Waals surface area contributed by atoms with Crippen molar-refractivity contribution in [1.82, 2.24) is 14.5 Å². The van der Waals surface area contributed by atoms with Gasteiger partial charge in [0.05, 0.1) is 17.0 Å². The maximum Gasteiger partial charge on any atom is 0.253 e. The lowest BCUT2D eigenvalue weighted by molar-refractivity contribution is -0.129. The molecule has 1 aromatic rings. The monoisotopic (exact) mass is 438 g/mol. The average molecular weight is 439 g/mol. The van der Waals surface area contributed by atoms with Crippen LogP contribution in [0.25, 0.3) is 0 Å². The second-order valence-corrected chi connectivity index (χ2v) is 9.15. The Bertz CT molecular complexity index is 843. The SMILES string of the molecule is CCN(CC)C(=O)CNC(=O)c1cc(S(=O)(=O)N(CC)CC)ccc1N1CCCC1. The summed E-state index contributed by atoms with van der Waals surface area (Å²) in [6.07, 6.45) is 2.06. The topological polar surface area (TPSA) is 90.0 Å². The summed E-state index contributed by atoms with van der Waals surface area (Å²) in [7, 11) is -3.69. The van der Waals surface area contributed by atoms with Crippen molar-refractivity contribution in [3.8, 4) is 0 Å². The van der Waals surface area contributed by atoms with Crippen molar-refractivity contribution in [1.29, 1.82) is 0 Å². The third-order valence-corrected chi connectivity index (χ3v) is 7.56. The van der Waals surface area contributed by atoms with E-state index in [0.29, 0.717) is 31.9 Å². The van der Waals surface area contributed by atoms with E-state index in [-0.39, 0.29) is 22.9 Å². The molecule has 1 heterocycles. The zero-order valence-corrected chi connectivity index (χ0v) is 19.3. The molecule has 0 atom stereocenters. The lowest BCUT2D eigenvalue weighted by Gasteiger charge is -2.24. The molecule has 2 amide bonds. The normalized spacial score (nSPS) is 14.2. The number of amides is 2. The first kappa shape index (κ1) is 24.1. The second kappa shape index (κ2) is 10.8. The summed E-state index contributed by atoms with van der Waals surface area (Å²) in [6, 6.07) is 4.72. The lowest BCUT2D eigenvalue weighted by atomic mass is 10.1. The number of likely N-dealkylation sites (N-methyl/N-ethyl adjacent to an activating group) is 1. The summed E-state index contributed by atoms with van der Waals surface area (Å²) < 4.78 is 27.3. The molecule has 30 heavy (non-hydrogen) atoms. The predicted molar refractivity (Wildman–Crippen MR) is 118 cm³/mol. The van der Waals surface area contributed by atoms with E-state index in [0.717, 1.165) is 25.9 Å². The quantitative estimate of drug-likeness (QED) is 0.603. The summed E-state index contributed by atoms with van der Waals surface area (Å²) in [5, 5.41) is 2.68. The van der Waals surface area contributed by atoms with Gasteiger partial charge in [0.2, 0.25) is 15.9 Å². The van der Waals surface area contributed by atoms with E-state index in [1.807, 2.05) is 13.8 Å². The first-order valence-electron chi connectivity index (χ1n) is 10.7. The molecule has 9 heteroatoms. The van der Waals surface area contributed by atoms with Crippen molar-refractivity contribution in [3.63, 3.8) is 0 Å². The molecule has 0 radical (unpaired) electrons. The van der Waals surface area contributed by atoms with Gasteiger partial charge in [0, 0.05) is 45.0 Å². The molecule has 1 N–H and O–H groups in total. The predicted octanol–water partition coefficient (Wildman–Crippen LogP) is 1.92. The molecule has 0 unspecified atom stereocenters. The Labute approximate surface area is 180 Å². The van der Waals surface area contributed by atoms with Crippen molar-refractivity contribution >= 4 is 27.5 Å². The minimum atomic E-state index is -3.69. The molecular weight excluding hydrogens is 404 g/mol. The molecule has 1 fully saturated rings. The van der Waals surface area contributed by atoms with E-state index in [4.69, 9.17) is 0 Å². The van der Waals surface area contributed by atoms with Crippen molar-refractivity contribution < 1.29 is 18.0 Å². The molecular formula is C21H34N4O4S. The van der Waals surface area contributed by atoms with Gasteiger partial charge in [-0.2, -0.15) is 4.31 Å². The van der Waals surface area contributed by atoms with Gasteiger partial charge in [-0.3, -0.25) is 9.59 Å². The van der Waals surface area contributed by atoms with Crippen LogP contribution in [0.3, 0.4) is 0 Å². The zero-order chi connectivity index (χ0) is 22.3. The Kier molecular flexibility index (Phi) is 8.66. The van der Waals surface area contributed by atoms with Gasteiger partial charge in [-0.15, -0.1) is 0 Å². The van der Waals surface area contributed by atoms with Gasteiger partial charge in [0.1, 0.15) is 0 Å². The maximum absolute atomic E-state index is 13.0.